The van der Waals surface area contributed by atoms with Crippen LogP contribution in [0.1, 0.15) is 45.6 Å². The quantitative estimate of drug-likeness (QED) is 0.923. The van der Waals surface area contributed by atoms with E-state index in [2.05, 4.69) is 26.0 Å². The lowest BCUT2D eigenvalue weighted by Gasteiger charge is -2.45. The average Bonchev–Trinajstić information content (AvgIpc) is 2.45. The standard InChI is InChI=1S/C18H27ClN2O/c1-12(2)16(20)17(22)21-10-9-15(18(3,4)11-21)13-5-7-14(19)8-6-13/h5-8,12,15-16H,9-11,20H2,1-4H3/t15-,16-/m1/s1. The summed E-state index contributed by atoms with van der Waals surface area (Å²) in [6.45, 7) is 9.97. The van der Waals surface area contributed by atoms with Crippen LogP contribution in [0, 0.1) is 11.3 Å². The molecule has 122 valence electrons. The van der Waals surface area contributed by atoms with Crippen molar-refractivity contribution in [1.82, 2.24) is 4.90 Å². The van der Waals surface area contributed by atoms with Crippen LogP contribution < -0.4 is 5.73 Å². The lowest BCUT2D eigenvalue weighted by molar-refractivity contribution is -0.137. The van der Waals surface area contributed by atoms with Gasteiger partial charge in [0.1, 0.15) is 0 Å². The summed E-state index contributed by atoms with van der Waals surface area (Å²) < 4.78 is 0. The number of benzene rings is 1. The number of halogens is 1. The Kier molecular flexibility index (Phi) is 5.18. The molecule has 22 heavy (non-hydrogen) atoms. The van der Waals surface area contributed by atoms with Gasteiger partial charge in [0.2, 0.25) is 5.91 Å². The van der Waals surface area contributed by atoms with Crippen molar-refractivity contribution < 1.29 is 4.79 Å². The van der Waals surface area contributed by atoms with Crippen molar-refractivity contribution in [3.63, 3.8) is 0 Å². The first-order valence-electron chi connectivity index (χ1n) is 8.02. The second-order valence-electron chi connectivity index (χ2n) is 7.41. The van der Waals surface area contributed by atoms with Gasteiger partial charge in [-0.25, -0.2) is 0 Å². The fourth-order valence-corrected chi connectivity index (χ4v) is 3.48. The fourth-order valence-electron chi connectivity index (χ4n) is 3.35. The molecule has 1 heterocycles. The summed E-state index contributed by atoms with van der Waals surface area (Å²) in [5.74, 6) is 0.686. The van der Waals surface area contributed by atoms with E-state index >= 15 is 0 Å². The second kappa shape index (κ2) is 6.59. The highest BCUT2D eigenvalue weighted by atomic mass is 35.5. The minimum Gasteiger partial charge on any atom is -0.341 e. The molecule has 0 aliphatic carbocycles. The Labute approximate surface area is 138 Å². The molecule has 1 aliphatic rings. The maximum Gasteiger partial charge on any atom is 0.239 e. The van der Waals surface area contributed by atoms with Gasteiger partial charge in [0.25, 0.3) is 0 Å². The lowest BCUT2D eigenvalue weighted by Crippen LogP contribution is -2.53. The minimum absolute atomic E-state index is 0.0262. The molecule has 0 aromatic heterocycles. The van der Waals surface area contributed by atoms with Crippen molar-refractivity contribution in [3.05, 3.63) is 34.9 Å². The topological polar surface area (TPSA) is 46.3 Å². The maximum atomic E-state index is 12.5. The van der Waals surface area contributed by atoms with Crippen LogP contribution in [0.15, 0.2) is 24.3 Å². The first kappa shape index (κ1) is 17.3. The molecule has 0 saturated carbocycles. The van der Waals surface area contributed by atoms with Gasteiger partial charge in [-0.15, -0.1) is 0 Å². The number of nitrogens with two attached hydrogens (primary N) is 1. The molecule has 1 aromatic rings. The first-order chi connectivity index (χ1) is 10.2. The highest BCUT2D eigenvalue weighted by Crippen LogP contribution is 2.42. The molecule has 0 spiro atoms. The molecule has 0 radical (unpaired) electrons. The van der Waals surface area contributed by atoms with Crippen LogP contribution >= 0.6 is 11.6 Å². The summed E-state index contributed by atoms with van der Waals surface area (Å²) in [5, 5.41) is 0.761. The largest absolute Gasteiger partial charge is 0.341 e. The van der Waals surface area contributed by atoms with Gasteiger partial charge in [0.05, 0.1) is 6.04 Å². The summed E-state index contributed by atoms with van der Waals surface area (Å²) in [6, 6.07) is 7.69. The van der Waals surface area contributed by atoms with Crippen LogP contribution in [0.3, 0.4) is 0 Å². The van der Waals surface area contributed by atoms with Gasteiger partial charge in [0.15, 0.2) is 0 Å². The van der Waals surface area contributed by atoms with Crippen LogP contribution in [0.25, 0.3) is 0 Å². The summed E-state index contributed by atoms with van der Waals surface area (Å²) >= 11 is 5.98. The Morgan fingerprint density at radius 2 is 1.91 bits per heavy atom. The van der Waals surface area contributed by atoms with E-state index in [0.717, 1.165) is 24.5 Å². The third-order valence-electron chi connectivity index (χ3n) is 4.82. The second-order valence-corrected chi connectivity index (χ2v) is 7.85. The molecule has 1 aromatic carbocycles. The molecule has 0 unspecified atom stereocenters. The number of amides is 1. The highest BCUT2D eigenvalue weighted by molar-refractivity contribution is 6.30. The van der Waals surface area contributed by atoms with Gasteiger partial charge >= 0.3 is 0 Å². The predicted octanol–water partition coefficient (Wildman–Crippen LogP) is 3.67. The number of hydrogen-bond acceptors (Lipinski definition) is 2. The van der Waals surface area contributed by atoms with E-state index in [4.69, 9.17) is 17.3 Å². The van der Waals surface area contributed by atoms with Gasteiger partial charge in [-0.05, 0) is 41.4 Å². The Morgan fingerprint density at radius 1 is 1.32 bits per heavy atom. The van der Waals surface area contributed by atoms with Crippen molar-refractivity contribution in [2.45, 2.75) is 46.1 Å². The van der Waals surface area contributed by atoms with E-state index in [-0.39, 0.29) is 17.2 Å². The third kappa shape index (κ3) is 3.64. The zero-order valence-corrected chi connectivity index (χ0v) is 14.7. The molecule has 4 heteroatoms. The molecule has 2 N–H and O–H groups in total. The third-order valence-corrected chi connectivity index (χ3v) is 5.07. The summed E-state index contributed by atoms with van der Waals surface area (Å²) in [6.07, 6.45) is 0.963. The van der Waals surface area contributed by atoms with Gasteiger partial charge in [-0.3, -0.25) is 4.79 Å². The van der Waals surface area contributed by atoms with E-state index in [1.54, 1.807) is 0 Å². The van der Waals surface area contributed by atoms with Gasteiger partial charge in [-0.1, -0.05) is 51.4 Å². The van der Waals surface area contributed by atoms with Gasteiger partial charge < -0.3 is 10.6 Å². The van der Waals surface area contributed by atoms with Crippen LogP contribution in [-0.2, 0) is 4.79 Å². The molecule has 2 atom stereocenters. The summed E-state index contributed by atoms with van der Waals surface area (Å²) in [7, 11) is 0. The van der Waals surface area contributed by atoms with Crippen molar-refractivity contribution in [2.24, 2.45) is 17.1 Å². The SMILES string of the molecule is CC(C)[C@@H](N)C(=O)N1CC[C@H](c2ccc(Cl)cc2)C(C)(C)C1. The van der Waals surface area contributed by atoms with Crippen LogP contribution in [0.4, 0.5) is 0 Å². The molecule has 1 amide bonds. The normalized spacial score (nSPS) is 22.7. The molecule has 1 fully saturated rings. The molecule has 2 rings (SSSR count). The van der Waals surface area contributed by atoms with E-state index < -0.39 is 6.04 Å². The highest BCUT2D eigenvalue weighted by Gasteiger charge is 2.39. The Morgan fingerprint density at radius 3 is 2.41 bits per heavy atom. The molecule has 3 nitrogen and oxygen atoms in total. The lowest BCUT2D eigenvalue weighted by atomic mass is 9.70. The Bertz CT molecular complexity index is 524. The fraction of sp³-hybridized carbons (Fsp3) is 0.611. The summed E-state index contributed by atoms with van der Waals surface area (Å²) in [5.41, 5.74) is 7.36. The first-order valence-corrected chi connectivity index (χ1v) is 8.40. The molecular formula is C18H27ClN2O. The van der Waals surface area contributed by atoms with E-state index in [0.29, 0.717) is 5.92 Å². The number of rotatable bonds is 3. The number of carbonyl (C=O) groups excluding carboxylic acids is 1. The molecule has 0 bridgehead atoms. The maximum absolute atomic E-state index is 12.5. The Hall–Kier alpha value is -1.06. The van der Waals surface area contributed by atoms with E-state index in [1.807, 2.05) is 30.9 Å². The zero-order valence-electron chi connectivity index (χ0n) is 14.0. The van der Waals surface area contributed by atoms with Crippen LogP contribution in [-0.4, -0.2) is 29.9 Å². The molecule has 1 saturated heterocycles. The van der Waals surface area contributed by atoms with E-state index in [1.165, 1.54) is 5.56 Å². The van der Waals surface area contributed by atoms with Crippen molar-refractivity contribution in [2.75, 3.05) is 13.1 Å². The van der Waals surface area contributed by atoms with Gasteiger partial charge in [0, 0.05) is 18.1 Å². The monoisotopic (exact) mass is 322 g/mol. The number of piperidine rings is 1. The average molecular weight is 323 g/mol. The van der Waals surface area contributed by atoms with Gasteiger partial charge in [-0.2, -0.15) is 0 Å². The number of nitrogens with zero attached hydrogens (tertiary/aromatic N) is 1. The summed E-state index contributed by atoms with van der Waals surface area (Å²) in [4.78, 5) is 14.4. The minimum atomic E-state index is -0.400. The number of carbonyl (C=O) groups is 1. The van der Waals surface area contributed by atoms with Crippen molar-refractivity contribution >= 4 is 17.5 Å². The van der Waals surface area contributed by atoms with Crippen LogP contribution in [0.2, 0.25) is 5.02 Å². The van der Waals surface area contributed by atoms with E-state index in [9.17, 15) is 4.79 Å². The number of hydrogen-bond donors (Lipinski definition) is 1. The number of likely N-dealkylation sites (tertiary alicyclic amines) is 1. The van der Waals surface area contributed by atoms with Crippen LogP contribution in [0.5, 0.6) is 0 Å². The Balaban J connectivity index is 2.12. The van der Waals surface area contributed by atoms with Crippen molar-refractivity contribution in [3.8, 4) is 0 Å². The predicted molar refractivity (Wildman–Crippen MR) is 92.0 cm³/mol. The zero-order chi connectivity index (χ0) is 16.5. The molecular weight excluding hydrogens is 296 g/mol. The smallest absolute Gasteiger partial charge is 0.239 e. The molecule has 1 aliphatic heterocycles. The van der Waals surface area contributed by atoms with Crippen molar-refractivity contribution in [1.29, 1.82) is 0 Å².